The molecule has 0 radical (unpaired) electrons. The fourth-order valence-corrected chi connectivity index (χ4v) is 9.66. The second kappa shape index (κ2) is 54.0. The van der Waals surface area contributed by atoms with Gasteiger partial charge in [0.15, 0.2) is 6.29 Å². The molecular weight excluding hydrogens is 923 g/mol. The largest absolute Gasteiger partial charge is 0.394 e. The quantitative estimate of drug-likeness (QED) is 0.0261. The number of nitrogens with one attached hydrogen (secondary N) is 1. The van der Waals surface area contributed by atoms with E-state index in [1.807, 2.05) is 6.08 Å². The van der Waals surface area contributed by atoms with Crippen LogP contribution < -0.4 is 5.32 Å². The number of unbranched alkanes of at least 4 members (excludes halogenated alkanes) is 33. The van der Waals surface area contributed by atoms with Gasteiger partial charge in [0.2, 0.25) is 5.91 Å². The number of rotatable bonds is 53. The summed E-state index contributed by atoms with van der Waals surface area (Å²) in [4.78, 5) is 13.0. The van der Waals surface area contributed by atoms with Gasteiger partial charge in [-0.25, -0.2) is 0 Å². The van der Waals surface area contributed by atoms with Gasteiger partial charge in [-0.1, -0.05) is 279 Å². The van der Waals surface area contributed by atoms with Crippen molar-refractivity contribution in [2.24, 2.45) is 0 Å². The number of carbonyl (C=O) groups is 1. The highest BCUT2D eigenvalue weighted by atomic mass is 16.7. The number of hydrogen-bond donors (Lipinski definition) is 6. The van der Waals surface area contributed by atoms with Crippen molar-refractivity contribution in [2.75, 3.05) is 13.2 Å². The first-order valence-electron chi connectivity index (χ1n) is 31.2. The number of aliphatic hydroxyl groups excluding tert-OH is 5. The second-order valence-corrected chi connectivity index (χ2v) is 21.5. The van der Waals surface area contributed by atoms with Crippen molar-refractivity contribution in [2.45, 2.75) is 320 Å². The van der Waals surface area contributed by atoms with E-state index in [4.69, 9.17) is 9.47 Å². The maximum Gasteiger partial charge on any atom is 0.220 e. The Hall–Kier alpha value is -2.37. The standard InChI is InChI=1S/C65H117NO8/c1-3-5-7-9-11-13-15-17-19-21-23-24-25-26-27-28-29-30-31-32-33-34-35-37-38-40-42-44-46-48-50-52-54-59(68)58(57-73-65-64(72)63(71)62(70)60(56-67)74-65)66-61(69)55-53-51-49-47-45-43-41-39-36-22-20-18-16-14-12-10-8-6-4-2/h6,8,12,14,18,20,36,39,43,45,52,54,58-60,62-65,67-68,70-72H,3-5,7,9-11,13,15-17,19,21-35,37-38,40-42,44,46-51,53,55-57H2,1-2H3,(H,66,69)/b8-6-,14-12-,20-18-,39-36-,45-43-,54-52+. The molecule has 0 saturated carbocycles. The van der Waals surface area contributed by atoms with Crippen LogP contribution in [0.4, 0.5) is 0 Å². The molecule has 0 aromatic carbocycles. The van der Waals surface area contributed by atoms with Crippen molar-refractivity contribution in [3.8, 4) is 0 Å². The van der Waals surface area contributed by atoms with E-state index >= 15 is 0 Å². The molecule has 0 aromatic heterocycles. The molecule has 0 bridgehead atoms. The van der Waals surface area contributed by atoms with Gasteiger partial charge in [0.1, 0.15) is 24.4 Å². The molecule has 1 aliphatic heterocycles. The Kier molecular flexibility index (Phi) is 50.8. The number of hydrogen-bond acceptors (Lipinski definition) is 8. The van der Waals surface area contributed by atoms with Crippen LogP contribution in [0.1, 0.15) is 277 Å². The van der Waals surface area contributed by atoms with Gasteiger partial charge < -0.3 is 40.3 Å². The van der Waals surface area contributed by atoms with Crippen LogP contribution in [0.3, 0.4) is 0 Å². The van der Waals surface area contributed by atoms with Crippen LogP contribution in [0, 0.1) is 0 Å². The molecule has 9 nitrogen and oxygen atoms in total. The lowest BCUT2D eigenvalue weighted by Gasteiger charge is -2.40. The van der Waals surface area contributed by atoms with Crippen molar-refractivity contribution >= 4 is 5.91 Å². The molecule has 430 valence electrons. The topological polar surface area (TPSA) is 149 Å². The van der Waals surface area contributed by atoms with E-state index in [9.17, 15) is 30.3 Å². The summed E-state index contributed by atoms with van der Waals surface area (Å²) in [5.74, 6) is -0.208. The third kappa shape index (κ3) is 42.7. The zero-order chi connectivity index (χ0) is 53.6. The van der Waals surface area contributed by atoms with E-state index in [2.05, 4.69) is 79.9 Å². The van der Waals surface area contributed by atoms with Crippen LogP contribution in [-0.2, 0) is 14.3 Å². The van der Waals surface area contributed by atoms with Crippen LogP contribution in [0.25, 0.3) is 0 Å². The van der Waals surface area contributed by atoms with E-state index in [0.29, 0.717) is 12.8 Å². The molecule has 6 N–H and O–H groups in total. The van der Waals surface area contributed by atoms with Gasteiger partial charge in [-0.05, 0) is 64.2 Å². The third-order valence-corrected chi connectivity index (χ3v) is 14.5. The molecule has 0 aromatic rings. The molecule has 74 heavy (non-hydrogen) atoms. The Morgan fingerprint density at radius 1 is 0.473 bits per heavy atom. The highest BCUT2D eigenvalue weighted by molar-refractivity contribution is 5.76. The maximum absolute atomic E-state index is 13.0. The van der Waals surface area contributed by atoms with Gasteiger partial charge in [0, 0.05) is 6.42 Å². The first kappa shape index (κ1) is 69.6. The molecule has 7 unspecified atom stereocenters. The van der Waals surface area contributed by atoms with E-state index in [1.54, 1.807) is 6.08 Å². The minimum absolute atomic E-state index is 0.205. The lowest BCUT2D eigenvalue weighted by Crippen LogP contribution is -2.60. The predicted octanol–water partition coefficient (Wildman–Crippen LogP) is 16.0. The zero-order valence-corrected chi connectivity index (χ0v) is 47.8. The van der Waals surface area contributed by atoms with Crippen molar-refractivity contribution in [1.82, 2.24) is 5.32 Å². The average Bonchev–Trinajstić information content (AvgIpc) is 3.40. The Morgan fingerprint density at radius 3 is 1.24 bits per heavy atom. The van der Waals surface area contributed by atoms with Crippen LogP contribution in [0.2, 0.25) is 0 Å². The highest BCUT2D eigenvalue weighted by Gasteiger charge is 2.44. The molecule has 0 spiro atoms. The average molecular weight is 1040 g/mol. The monoisotopic (exact) mass is 1040 g/mol. The van der Waals surface area contributed by atoms with Crippen LogP contribution in [0.15, 0.2) is 72.9 Å². The Bertz CT molecular complexity index is 1390. The molecule has 1 aliphatic rings. The van der Waals surface area contributed by atoms with Gasteiger partial charge in [-0.3, -0.25) is 4.79 Å². The molecule has 1 heterocycles. The normalized spacial score (nSPS) is 19.5. The first-order chi connectivity index (χ1) is 36.3. The summed E-state index contributed by atoms with van der Waals surface area (Å²) < 4.78 is 11.3. The predicted molar refractivity (Wildman–Crippen MR) is 313 cm³/mol. The maximum atomic E-state index is 13.0. The summed E-state index contributed by atoms with van der Waals surface area (Å²) in [6, 6.07) is -0.828. The SMILES string of the molecule is CC/C=C\C/C=C\C/C=C\C/C=C\C/C=C\CCCCCC(=O)NC(COC1OC(CO)C(O)C(O)C1O)C(O)/C=C/CCCCCCCCCCCCCCCCCCCCCCCCCCCCCCCC. The number of allylic oxidation sites excluding steroid dienone is 11. The smallest absolute Gasteiger partial charge is 0.220 e. The summed E-state index contributed by atoms with van der Waals surface area (Å²) in [7, 11) is 0. The molecule has 9 heteroatoms. The Morgan fingerprint density at radius 2 is 0.838 bits per heavy atom. The minimum atomic E-state index is -1.58. The number of aliphatic hydroxyl groups is 5. The summed E-state index contributed by atoms with van der Waals surface area (Å²) in [5, 5.41) is 54.6. The number of amides is 1. The van der Waals surface area contributed by atoms with Crippen LogP contribution in [-0.4, -0.2) is 87.5 Å². The fraction of sp³-hybridized carbons (Fsp3) is 0.800. The summed E-state index contributed by atoms with van der Waals surface area (Å²) in [6.07, 6.45) is 68.5. The van der Waals surface area contributed by atoms with E-state index in [1.165, 1.54) is 180 Å². The van der Waals surface area contributed by atoms with Gasteiger partial charge in [-0.15, -0.1) is 0 Å². The molecular formula is C65H117NO8. The van der Waals surface area contributed by atoms with Gasteiger partial charge in [-0.2, -0.15) is 0 Å². The van der Waals surface area contributed by atoms with Crippen LogP contribution >= 0.6 is 0 Å². The first-order valence-corrected chi connectivity index (χ1v) is 31.2. The van der Waals surface area contributed by atoms with E-state index < -0.39 is 49.5 Å². The third-order valence-electron chi connectivity index (χ3n) is 14.5. The van der Waals surface area contributed by atoms with Gasteiger partial charge in [0.05, 0.1) is 25.4 Å². The zero-order valence-electron chi connectivity index (χ0n) is 47.8. The molecule has 1 fully saturated rings. The van der Waals surface area contributed by atoms with Crippen molar-refractivity contribution in [3.63, 3.8) is 0 Å². The Balaban J connectivity index is 2.18. The highest BCUT2D eigenvalue weighted by Crippen LogP contribution is 2.23. The molecule has 1 saturated heterocycles. The molecule has 1 amide bonds. The molecule has 0 aliphatic carbocycles. The summed E-state index contributed by atoms with van der Waals surface area (Å²) in [6.45, 7) is 3.67. The van der Waals surface area contributed by atoms with Gasteiger partial charge >= 0.3 is 0 Å². The van der Waals surface area contributed by atoms with Gasteiger partial charge in [0.25, 0.3) is 0 Å². The lowest BCUT2D eigenvalue weighted by molar-refractivity contribution is -0.302. The van der Waals surface area contributed by atoms with E-state index in [0.717, 1.165) is 70.6 Å². The number of ether oxygens (including phenoxy) is 2. The van der Waals surface area contributed by atoms with Crippen molar-refractivity contribution in [1.29, 1.82) is 0 Å². The second-order valence-electron chi connectivity index (χ2n) is 21.5. The minimum Gasteiger partial charge on any atom is -0.394 e. The molecule has 1 rings (SSSR count). The summed E-state index contributed by atoms with van der Waals surface area (Å²) >= 11 is 0. The Labute approximate surface area is 455 Å². The lowest BCUT2D eigenvalue weighted by atomic mass is 9.99. The van der Waals surface area contributed by atoms with E-state index in [-0.39, 0.29) is 12.5 Å². The molecule has 7 atom stereocenters. The van der Waals surface area contributed by atoms with Crippen LogP contribution in [0.5, 0.6) is 0 Å². The summed E-state index contributed by atoms with van der Waals surface area (Å²) in [5.41, 5.74) is 0. The van der Waals surface area contributed by atoms with Crippen molar-refractivity contribution in [3.05, 3.63) is 72.9 Å². The number of carbonyl (C=O) groups excluding carboxylic acids is 1. The van der Waals surface area contributed by atoms with Crippen molar-refractivity contribution < 1.29 is 39.8 Å². The fourth-order valence-electron chi connectivity index (χ4n) is 9.66.